The van der Waals surface area contributed by atoms with E-state index in [1.54, 1.807) is 0 Å². The predicted octanol–water partition coefficient (Wildman–Crippen LogP) is 2.42. The van der Waals surface area contributed by atoms with Crippen molar-refractivity contribution in [2.24, 2.45) is 5.92 Å². The third-order valence-corrected chi connectivity index (χ3v) is 2.72. The number of carboxylic acids is 1. The van der Waals surface area contributed by atoms with Crippen molar-refractivity contribution in [1.82, 2.24) is 0 Å². The zero-order valence-electron chi connectivity index (χ0n) is 12.5. The number of rotatable bonds is 6. The topological polar surface area (TPSA) is 76.0 Å². The van der Waals surface area contributed by atoms with E-state index in [4.69, 9.17) is 19.7 Å². The lowest BCUT2D eigenvalue weighted by atomic mass is 10.0. The molecule has 2 atom stereocenters. The number of aliphatic hydroxyl groups is 1. The SMILES string of the molecule is CC(C)CC1(C)OCC(CO)O1.CCCCC(=O)O. The second kappa shape index (κ2) is 9.28. The van der Waals surface area contributed by atoms with Gasteiger partial charge in [-0.3, -0.25) is 4.79 Å². The Hall–Kier alpha value is -0.650. The number of carbonyl (C=O) groups is 1. The maximum absolute atomic E-state index is 9.76. The van der Waals surface area contributed by atoms with Gasteiger partial charge in [-0.05, 0) is 19.3 Å². The molecule has 0 spiro atoms. The van der Waals surface area contributed by atoms with Gasteiger partial charge in [0.1, 0.15) is 6.10 Å². The van der Waals surface area contributed by atoms with Crippen LogP contribution in [0.5, 0.6) is 0 Å². The number of hydrogen-bond acceptors (Lipinski definition) is 4. The number of carboxylic acid groups (broad SMARTS) is 1. The van der Waals surface area contributed by atoms with Crippen LogP contribution < -0.4 is 0 Å². The molecule has 1 aliphatic rings. The van der Waals surface area contributed by atoms with Crippen molar-refractivity contribution < 1.29 is 24.5 Å². The van der Waals surface area contributed by atoms with E-state index in [0.717, 1.165) is 19.3 Å². The van der Waals surface area contributed by atoms with E-state index in [-0.39, 0.29) is 12.7 Å². The predicted molar refractivity (Wildman–Crippen MR) is 72.9 cm³/mol. The van der Waals surface area contributed by atoms with Gasteiger partial charge in [0.05, 0.1) is 13.2 Å². The molecule has 1 rings (SSSR count). The Labute approximate surface area is 115 Å². The van der Waals surface area contributed by atoms with E-state index < -0.39 is 11.8 Å². The molecule has 1 aliphatic heterocycles. The smallest absolute Gasteiger partial charge is 0.303 e. The van der Waals surface area contributed by atoms with Crippen LogP contribution in [0.25, 0.3) is 0 Å². The molecule has 5 nitrogen and oxygen atoms in total. The summed E-state index contributed by atoms with van der Waals surface area (Å²) in [6.07, 6.45) is 2.83. The number of aliphatic carboxylic acids is 1. The molecule has 5 heteroatoms. The van der Waals surface area contributed by atoms with E-state index in [1.807, 2.05) is 13.8 Å². The Morgan fingerprint density at radius 3 is 2.42 bits per heavy atom. The summed E-state index contributed by atoms with van der Waals surface area (Å²) in [4.78, 5) is 9.76. The fourth-order valence-electron chi connectivity index (χ4n) is 1.96. The molecule has 0 aromatic heterocycles. The maximum atomic E-state index is 9.76. The van der Waals surface area contributed by atoms with Crippen molar-refractivity contribution in [3.63, 3.8) is 0 Å². The van der Waals surface area contributed by atoms with Crippen LogP contribution >= 0.6 is 0 Å². The molecule has 0 amide bonds. The molecular formula is C14H28O5. The first-order valence-electron chi connectivity index (χ1n) is 6.97. The molecule has 0 bridgehead atoms. The summed E-state index contributed by atoms with van der Waals surface area (Å²) in [5.41, 5.74) is 0. The summed E-state index contributed by atoms with van der Waals surface area (Å²) in [7, 11) is 0. The first kappa shape index (κ1) is 18.4. The Morgan fingerprint density at radius 2 is 2.11 bits per heavy atom. The highest BCUT2D eigenvalue weighted by atomic mass is 16.7. The molecule has 19 heavy (non-hydrogen) atoms. The summed E-state index contributed by atoms with van der Waals surface area (Å²) in [5, 5.41) is 16.9. The normalized spacial score (nSPS) is 26.1. The lowest BCUT2D eigenvalue weighted by Crippen LogP contribution is -2.29. The van der Waals surface area contributed by atoms with Gasteiger partial charge in [-0.2, -0.15) is 0 Å². The summed E-state index contributed by atoms with van der Waals surface area (Å²) in [6, 6.07) is 0. The molecule has 1 saturated heterocycles. The minimum atomic E-state index is -0.693. The van der Waals surface area contributed by atoms with Gasteiger partial charge in [-0.1, -0.05) is 27.2 Å². The van der Waals surface area contributed by atoms with Gasteiger partial charge in [0.2, 0.25) is 0 Å². The standard InChI is InChI=1S/C9H18O3.C5H10O2/c1-7(2)4-9(3)11-6-8(5-10)12-9;1-2-3-4-5(6)7/h7-8,10H,4-6H2,1-3H3;2-4H2,1H3,(H,6,7). The second-order valence-electron chi connectivity index (χ2n) is 5.46. The summed E-state index contributed by atoms with van der Waals surface area (Å²) >= 11 is 0. The molecule has 2 N–H and O–H groups in total. The van der Waals surface area contributed by atoms with Crippen LogP contribution in [0.4, 0.5) is 0 Å². The molecule has 0 radical (unpaired) electrons. The highest BCUT2D eigenvalue weighted by molar-refractivity contribution is 5.66. The van der Waals surface area contributed by atoms with Gasteiger partial charge in [0.15, 0.2) is 5.79 Å². The Kier molecular flexibility index (Phi) is 8.97. The van der Waals surface area contributed by atoms with Crippen LogP contribution in [0.3, 0.4) is 0 Å². The van der Waals surface area contributed by atoms with E-state index in [2.05, 4.69) is 13.8 Å². The Bertz CT molecular complexity index is 254. The molecule has 1 fully saturated rings. The number of ether oxygens (including phenoxy) is 2. The quantitative estimate of drug-likeness (QED) is 0.779. The van der Waals surface area contributed by atoms with Gasteiger partial charge < -0.3 is 19.7 Å². The maximum Gasteiger partial charge on any atom is 0.303 e. The van der Waals surface area contributed by atoms with Gasteiger partial charge in [-0.15, -0.1) is 0 Å². The van der Waals surface area contributed by atoms with Crippen LogP contribution in [-0.4, -0.2) is 41.3 Å². The molecule has 0 aromatic carbocycles. The third-order valence-electron chi connectivity index (χ3n) is 2.72. The minimum Gasteiger partial charge on any atom is -0.481 e. The molecule has 114 valence electrons. The first-order chi connectivity index (χ1) is 8.83. The van der Waals surface area contributed by atoms with Crippen LogP contribution in [0.15, 0.2) is 0 Å². The van der Waals surface area contributed by atoms with E-state index >= 15 is 0 Å². The number of aliphatic hydroxyl groups excluding tert-OH is 1. The molecule has 1 heterocycles. The van der Waals surface area contributed by atoms with Gasteiger partial charge >= 0.3 is 5.97 Å². The van der Waals surface area contributed by atoms with Gasteiger partial charge in [0.25, 0.3) is 0 Å². The third kappa shape index (κ3) is 8.97. The monoisotopic (exact) mass is 276 g/mol. The van der Waals surface area contributed by atoms with Crippen molar-refractivity contribution in [2.45, 2.75) is 65.3 Å². The van der Waals surface area contributed by atoms with Crippen molar-refractivity contribution in [1.29, 1.82) is 0 Å². The van der Waals surface area contributed by atoms with Crippen LogP contribution in [0.1, 0.15) is 53.4 Å². The molecule has 0 aromatic rings. The van der Waals surface area contributed by atoms with Crippen LogP contribution in [-0.2, 0) is 14.3 Å². The molecule has 2 unspecified atom stereocenters. The van der Waals surface area contributed by atoms with Crippen molar-refractivity contribution in [2.75, 3.05) is 13.2 Å². The summed E-state index contributed by atoms with van der Waals surface area (Å²) < 4.78 is 11.0. The Balaban J connectivity index is 0.000000399. The zero-order chi connectivity index (χ0) is 14.9. The van der Waals surface area contributed by atoms with Crippen molar-refractivity contribution >= 4 is 5.97 Å². The minimum absolute atomic E-state index is 0.0493. The summed E-state index contributed by atoms with van der Waals surface area (Å²) in [5.74, 6) is -0.615. The highest BCUT2D eigenvalue weighted by Crippen LogP contribution is 2.29. The van der Waals surface area contributed by atoms with Crippen molar-refractivity contribution in [3.8, 4) is 0 Å². The molecular weight excluding hydrogens is 248 g/mol. The van der Waals surface area contributed by atoms with Gasteiger partial charge in [0, 0.05) is 12.8 Å². The van der Waals surface area contributed by atoms with Crippen LogP contribution in [0.2, 0.25) is 0 Å². The number of hydrogen-bond donors (Lipinski definition) is 2. The second-order valence-corrected chi connectivity index (χ2v) is 5.46. The average Bonchev–Trinajstić information content (AvgIpc) is 2.67. The first-order valence-corrected chi connectivity index (χ1v) is 6.97. The largest absolute Gasteiger partial charge is 0.481 e. The lowest BCUT2D eigenvalue weighted by Gasteiger charge is -2.24. The van der Waals surface area contributed by atoms with E-state index in [0.29, 0.717) is 18.9 Å². The fraction of sp³-hybridized carbons (Fsp3) is 0.929. The fourth-order valence-corrected chi connectivity index (χ4v) is 1.96. The highest BCUT2D eigenvalue weighted by Gasteiger charge is 2.37. The van der Waals surface area contributed by atoms with Crippen LogP contribution in [0, 0.1) is 5.92 Å². The van der Waals surface area contributed by atoms with Gasteiger partial charge in [-0.25, -0.2) is 0 Å². The summed E-state index contributed by atoms with van der Waals surface area (Å²) in [6.45, 7) is 8.73. The van der Waals surface area contributed by atoms with E-state index in [1.165, 1.54) is 0 Å². The molecule has 0 saturated carbocycles. The van der Waals surface area contributed by atoms with E-state index in [9.17, 15) is 4.79 Å². The average molecular weight is 276 g/mol. The Morgan fingerprint density at radius 1 is 1.47 bits per heavy atom. The molecule has 0 aliphatic carbocycles. The van der Waals surface area contributed by atoms with Crippen molar-refractivity contribution in [3.05, 3.63) is 0 Å². The number of unbranched alkanes of at least 4 members (excludes halogenated alkanes) is 1. The lowest BCUT2D eigenvalue weighted by molar-refractivity contribution is -0.167. The zero-order valence-corrected chi connectivity index (χ0v) is 12.5.